The Labute approximate surface area is 241 Å². The third kappa shape index (κ3) is 5.77. The van der Waals surface area contributed by atoms with Crippen LogP contribution >= 0.6 is 0 Å². The Balaban J connectivity index is 1.37. The van der Waals surface area contributed by atoms with Crippen LogP contribution in [0.15, 0.2) is 55.1 Å². The number of nitrogens with zero attached hydrogens (tertiary/aromatic N) is 8. The van der Waals surface area contributed by atoms with E-state index in [1.165, 1.54) is 22.0 Å². The molecule has 1 amide bonds. The SMILES string of the molecule is C/C(=c1/[nH]cc(C(=O)C(=O)N2CCN(c3cn(CCN(C)C)nc3-c3ccccc3)CC2)/c1=C(\F)C=N)n1ccnn1. The Kier molecular flexibility index (Phi) is 8.38. The van der Waals surface area contributed by atoms with Gasteiger partial charge in [-0.2, -0.15) is 5.10 Å². The van der Waals surface area contributed by atoms with Gasteiger partial charge in [0.15, 0.2) is 5.83 Å². The number of Topliss-reactive ketones (excluding diaryl/α,β-unsaturated/α-hetero) is 1. The molecule has 12 nitrogen and oxygen atoms in total. The van der Waals surface area contributed by atoms with Gasteiger partial charge in [-0.3, -0.25) is 14.3 Å². The number of H-pyrrole nitrogens is 1. The van der Waals surface area contributed by atoms with Crippen molar-refractivity contribution in [2.45, 2.75) is 13.5 Å². The van der Waals surface area contributed by atoms with Gasteiger partial charge in [-0.25, -0.2) is 9.07 Å². The number of likely N-dealkylation sites (N-methyl/N-ethyl adjacent to an activating group) is 1. The maximum atomic E-state index is 14.9. The van der Waals surface area contributed by atoms with Crippen LogP contribution in [0.3, 0.4) is 0 Å². The number of benzene rings is 1. The highest BCUT2D eigenvalue weighted by Gasteiger charge is 2.30. The summed E-state index contributed by atoms with van der Waals surface area (Å²) in [5, 5.41) is 20.1. The molecular weight excluding hydrogens is 539 g/mol. The zero-order valence-corrected chi connectivity index (χ0v) is 23.8. The van der Waals surface area contributed by atoms with Crippen LogP contribution in [-0.2, 0) is 11.3 Å². The molecule has 0 saturated carbocycles. The number of hydrogen-bond donors (Lipinski definition) is 2. The van der Waals surface area contributed by atoms with Crippen molar-refractivity contribution in [2.75, 3.05) is 51.7 Å². The fourth-order valence-corrected chi connectivity index (χ4v) is 4.98. The number of anilines is 1. The number of halogens is 1. The number of amides is 1. The second-order valence-corrected chi connectivity index (χ2v) is 10.3. The molecule has 5 rings (SSSR count). The maximum absolute atomic E-state index is 14.9. The molecule has 4 aromatic rings. The summed E-state index contributed by atoms with van der Waals surface area (Å²) in [6.45, 7) is 4.88. The topological polar surface area (TPSA) is 132 Å². The van der Waals surface area contributed by atoms with Gasteiger partial charge in [-0.05, 0) is 21.0 Å². The normalized spacial score (nSPS) is 15.2. The van der Waals surface area contributed by atoms with Gasteiger partial charge >= 0.3 is 0 Å². The number of ketones is 1. The maximum Gasteiger partial charge on any atom is 0.295 e. The first-order valence-electron chi connectivity index (χ1n) is 13.6. The summed E-state index contributed by atoms with van der Waals surface area (Å²) >= 11 is 0. The monoisotopic (exact) mass is 572 g/mol. The largest absolute Gasteiger partial charge is 0.365 e. The molecule has 0 bridgehead atoms. The minimum absolute atomic E-state index is 0.133. The summed E-state index contributed by atoms with van der Waals surface area (Å²) in [6.07, 6.45) is 6.90. The Hall–Kier alpha value is -4.91. The van der Waals surface area contributed by atoms with Gasteiger partial charge in [-0.15, -0.1) is 5.10 Å². The van der Waals surface area contributed by atoms with E-state index < -0.39 is 17.5 Å². The van der Waals surface area contributed by atoms with E-state index in [0.29, 0.717) is 38.1 Å². The summed E-state index contributed by atoms with van der Waals surface area (Å²) in [6, 6.07) is 9.97. The lowest BCUT2D eigenvalue weighted by Gasteiger charge is -2.35. The number of aromatic amines is 1. The van der Waals surface area contributed by atoms with Gasteiger partial charge in [0.05, 0.1) is 52.7 Å². The molecule has 3 aromatic heterocycles. The summed E-state index contributed by atoms with van der Waals surface area (Å²) < 4.78 is 18.3. The molecule has 218 valence electrons. The lowest BCUT2D eigenvalue weighted by molar-refractivity contribution is -0.126. The molecule has 1 aliphatic rings. The highest BCUT2D eigenvalue weighted by atomic mass is 19.1. The van der Waals surface area contributed by atoms with Crippen LogP contribution in [0.5, 0.6) is 0 Å². The van der Waals surface area contributed by atoms with Crippen molar-refractivity contribution in [3.63, 3.8) is 0 Å². The first-order valence-corrected chi connectivity index (χ1v) is 13.6. The van der Waals surface area contributed by atoms with Crippen molar-refractivity contribution in [3.05, 3.63) is 71.3 Å². The van der Waals surface area contributed by atoms with E-state index in [0.717, 1.165) is 30.0 Å². The average Bonchev–Trinajstić information content (AvgIpc) is 3.79. The summed E-state index contributed by atoms with van der Waals surface area (Å²) in [7, 11) is 4.04. The molecule has 1 aliphatic heterocycles. The predicted octanol–water partition coefficient (Wildman–Crippen LogP) is 0.966. The molecule has 0 atom stereocenters. The molecule has 1 fully saturated rings. The number of carbonyl (C=O) groups excluding carboxylic acids is 2. The van der Waals surface area contributed by atoms with Crippen molar-refractivity contribution in [1.82, 2.24) is 39.6 Å². The van der Waals surface area contributed by atoms with Gasteiger partial charge < -0.3 is 25.1 Å². The molecule has 0 unspecified atom stereocenters. The zero-order valence-electron chi connectivity index (χ0n) is 23.8. The molecule has 0 radical (unpaired) electrons. The van der Waals surface area contributed by atoms with Crippen molar-refractivity contribution in [2.24, 2.45) is 0 Å². The summed E-state index contributed by atoms with van der Waals surface area (Å²) in [5.74, 6) is -2.50. The zero-order chi connectivity index (χ0) is 29.8. The van der Waals surface area contributed by atoms with Crippen molar-refractivity contribution in [3.8, 4) is 11.3 Å². The Morgan fingerprint density at radius 3 is 2.52 bits per heavy atom. The fourth-order valence-electron chi connectivity index (χ4n) is 4.98. The van der Waals surface area contributed by atoms with Gasteiger partial charge in [-0.1, -0.05) is 35.5 Å². The Bertz CT molecular complexity index is 1700. The average molecular weight is 573 g/mol. The summed E-state index contributed by atoms with van der Waals surface area (Å²) in [5.41, 5.74) is 3.17. The lowest BCUT2D eigenvalue weighted by atomic mass is 10.1. The lowest BCUT2D eigenvalue weighted by Crippen LogP contribution is -2.51. The first-order chi connectivity index (χ1) is 20.3. The van der Waals surface area contributed by atoms with Crippen LogP contribution < -0.4 is 15.5 Å². The number of carbonyl (C=O) groups is 2. The van der Waals surface area contributed by atoms with Crippen molar-refractivity contribution >= 4 is 35.1 Å². The van der Waals surface area contributed by atoms with Crippen LogP contribution in [0, 0.1) is 5.41 Å². The standard InChI is InChI=1S/C29H33FN10O2/c1-20(40-10-9-33-35-40)26-25(23(30)17-31)22(18-32-26)28(41)29(42)38-14-12-37(13-15-38)24-19-39(16-11-36(2)3)34-27(24)21-7-5-4-6-8-21/h4-10,17-19,31-32H,11-16H2,1-3H3/b25-23+,26-20-,31-17?. The third-order valence-electron chi connectivity index (χ3n) is 7.29. The second-order valence-electron chi connectivity index (χ2n) is 10.3. The van der Waals surface area contributed by atoms with E-state index in [4.69, 9.17) is 10.5 Å². The van der Waals surface area contributed by atoms with E-state index in [9.17, 15) is 14.0 Å². The van der Waals surface area contributed by atoms with E-state index in [-0.39, 0.29) is 16.1 Å². The molecule has 4 heterocycles. The quantitative estimate of drug-likeness (QED) is 0.174. The van der Waals surface area contributed by atoms with Gasteiger partial charge in [0, 0.05) is 50.7 Å². The minimum Gasteiger partial charge on any atom is -0.365 e. The minimum atomic E-state index is -0.939. The Morgan fingerprint density at radius 1 is 1.14 bits per heavy atom. The van der Waals surface area contributed by atoms with Crippen molar-refractivity contribution < 1.29 is 14.0 Å². The van der Waals surface area contributed by atoms with E-state index >= 15 is 0 Å². The predicted molar refractivity (Wildman–Crippen MR) is 157 cm³/mol. The molecule has 0 aliphatic carbocycles. The Morgan fingerprint density at radius 2 is 1.88 bits per heavy atom. The van der Waals surface area contributed by atoms with E-state index in [1.807, 2.05) is 55.3 Å². The van der Waals surface area contributed by atoms with Crippen molar-refractivity contribution in [1.29, 1.82) is 5.41 Å². The highest BCUT2D eigenvalue weighted by Crippen LogP contribution is 2.30. The van der Waals surface area contributed by atoms with Crippen LogP contribution in [0.25, 0.3) is 22.8 Å². The third-order valence-corrected chi connectivity index (χ3v) is 7.29. The number of aromatic nitrogens is 6. The highest BCUT2D eigenvalue weighted by molar-refractivity contribution is 6.42. The van der Waals surface area contributed by atoms with Crippen LogP contribution in [-0.4, -0.2) is 104 Å². The molecule has 42 heavy (non-hydrogen) atoms. The van der Waals surface area contributed by atoms with Gasteiger partial charge in [0.25, 0.3) is 11.7 Å². The smallest absolute Gasteiger partial charge is 0.295 e. The first kappa shape index (κ1) is 28.6. The van der Waals surface area contributed by atoms with Crippen LogP contribution in [0.2, 0.25) is 0 Å². The molecule has 1 aromatic carbocycles. The summed E-state index contributed by atoms with van der Waals surface area (Å²) in [4.78, 5) is 35.4. The number of rotatable bonds is 9. The van der Waals surface area contributed by atoms with Gasteiger partial charge in [0.2, 0.25) is 0 Å². The molecule has 1 saturated heterocycles. The number of hydrogen-bond acceptors (Lipinski definition) is 8. The van der Waals surface area contributed by atoms with E-state index in [2.05, 4.69) is 25.1 Å². The number of piperazine rings is 1. The van der Waals surface area contributed by atoms with Gasteiger partial charge in [0.1, 0.15) is 5.69 Å². The fraction of sp³-hybridized carbons (Fsp3) is 0.310. The number of nitrogens with one attached hydrogen (secondary N) is 2. The molecule has 0 spiro atoms. The van der Waals surface area contributed by atoms with E-state index in [1.54, 1.807) is 13.1 Å². The molecule has 13 heteroatoms. The molecular formula is C29H33FN10O2. The van der Waals surface area contributed by atoms with Crippen LogP contribution in [0.4, 0.5) is 10.1 Å². The van der Waals surface area contributed by atoms with Crippen LogP contribution in [0.1, 0.15) is 17.3 Å². The molecule has 2 N–H and O–H groups in total. The second kappa shape index (κ2) is 12.3.